The van der Waals surface area contributed by atoms with Crippen LogP contribution >= 0.6 is 0 Å². The van der Waals surface area contributed by atoms with Crippen LogP contribution in [-0.2, 0) is 57.1 Å². The zero-order chi connectivity index (χ0) is 34.2. The van der Waals surface area contributed by atoms with Gasteiger partial charge >= 0.3 is 35.9 Å². The predicted molar refractivity (Wildman–Crippen MR) is 158 cm³/mol. The molecule has 0 bridgehead atoms. The van der Waals surface area contributed by atoms with E-state index in [2.05, 4.69) is 5.32 Å². The highest BCUT2D eigenvalue weighted by atomic mass is 16.7. The maximum Gasteiger partial charge on any atom is 0.407 e. The van der Waals surface area contributed by atoms with Crippen molar-refractivity contribution in [2.45, 2.75) is 70.4 Å². The van der Waals surface area contributed by atoms with Crippen LogP contribution in [0.3, 0.4) is 0 Å². The van der Waals surface area contributed by atoms with Gasteiger partial charge in [-0.15, -0.1) is 0 Å². The molecule has 1 aliphatic heterocycles. The van der Waals surface area contributed by atoms with Crippen LogP contribution in [0.25, 0.3) is 11.1 Å². The zero-order valence-corrected chi connectivity index (χ0v) is 26.0. The molecule has 6 atom stereocenters. The SMILES string of the molecule is CC(=O)OCC1O[C@@H](OC[C@H](NC(=O)OCC2c3ccccc3-c3ccccc32)C(=O)O)[C@@H](OC(C)=O)C(OC(C)=O)[C@H]1OC(C)=O. The average Bonchev–Trinajstić information content (AvgIpc) is 3.32. The molecule has 0 aromatic heterocycles. The van der Waals surface area contributed by atoms with Crippen LogP contribution in [0.15, 0.2) is 48.5 Å². The third-order valence-corrected chi connectivity index (χ3v) is 7.31. The minimum absolute atomic E-state index is 0.0766. The van der Waals surface area contributed by atoms with Crippen molar-refractivity contribution in [3.63, 3.8) is 0 Å². The predicted octanol–water partition coefficient (Wildman–Crippen LogP) is 2.08. The molecule has 1 fully saturated rings. The summed E-state index contributed by atoms with van der Waals surface area (Å²) in [5.41, 5.74) is 3.95. The highest BCUT2D eigenvalue weighted by Gasteiger charge is 2.53. The minimum atomic E-state index is -1.68. The van der Waals surface area contributed by atoms with E-state index in [4.69, 9.17) is 33.2 Å². The number of carboxylic acids is 1. The molecule has 4 rings (SSSR count). The molecule has 0 saturated carbocycles. The number of amides is 1. The van der Waals surface area contributed by atoms with Crippen molar-refractivity contribution < 1.29 is 67.0 Å². The number of carbonyl (C=O) groups is 6. The van der Waals surface area contributed by atoms with Gasteiger partial charge < -0.3 is 43.6 Å². The van der Waals surface area contributed by atoms with Gasteiger partial charge in [-0.05, 0) is 22.3 Å². The van der Waals surface area contributed by atoms with Gasteiger partial charge in [0.1, 0.15) is 19.3 Å². The van der Waals surface area contributed by atoms with Gasteiger partial charge in [0.2, 0.25) is 0 Å². The van der Waals surface area contributed by atoms with Crippen LogP contribution in [0.2, 0.25) is 0 Å². The summed E-state index contributed by atoms with van der Waals surface area (Å²) in [6, 6.07) is 13.7. The van der Waals surface area contributed by atoms with Gasteiger partial charge in [0, 0.05) is 33.6 Å². The Balaban J connectivity index is 1.48. The van der Waals surface area contributed by atoms with Crippen molar-refractivity contribution in [3.05, 3.63) is 59.7 Å². The summed E-state index contributed by atoms with van der Waals surface area (Å²) in [5.74, 6) is -5.01. The van der Waals surface area contributed by atoms with E-state index in [-0.39, 0.29) is 12.5 Å². The maximum absolute atomic E-state index is 12.8. The largest absolute Gasteiger partial charge is 0.480 e. The molecule has 15 heteroatoms. The van der Waals surface area contributed by atoms with Crippen LogP contribution in [0.5, 0.6) is 0 Å². The second-order valence-corrected chi connectivity index (χ2v) is 10.8. The molecular weight excluding hydrogens is 622 g/mol. The second kappa shape index (κ2) is 15.5. The summed E-state index contributed by atoms with van der Waals surface area (Å²) in [6.07, 6.45) is -8.49. The van der Waals surface area contributed by atoms with Crippen molar-refractivity contribution in [1.82, 2.24) is 5.32 Å². The Labute approximate surface area is 269 Å². The fourth-order valence-corrected chi connectivity index (χ4v) is 5.47. The lowest BCUT2D eigenvalue weighted by Crippen LogP contribution is -2.63. The normalized spacial score (nSPS) is 22.1. The van der Waals surface area contributed by atoms with Crippen LogP contribution in [0.1, 0.15) is 44.7 Å². The van der Waals surface area contributed by atoms with E-state index in [9.17, 15) is 33.9 Å². The fraction of sp³-hybridized carbons (Fsp3) is 0.438. The molecule has 47 heavy (non-hydrogen) atoms. The Hall–Kier alpha value is -5.02. The molecule has 2 aromatic carbocycles. The lowest BCUT2D eigenvalue weighted by Gasteiger charge is -2.44. The number of ether oxygens (including phenoxy) is 7. The number of rotatable bonds is 12. The lowest BCUT2D eigenvalue weighted by atomic mass is 9.98. The molecule has 1 saturated heterocycles. The molecule has 0 radical (unpaired) electrons. The molecular formula is C32H35NO14. The first-order valence-corrected chi connectivity index (χ1v) is 14.6. The number of esters is 4. The number of aliphatic carboxylic acids is 1. The Morgan fingerprint density at radius 1 is 0.723 bits per heavy atom. The van der Waals surface area contributed by atoms with Gasteiger partial charge in [0.05, 0.1) is 6.61 Å². The van der Waals surface area contributed by atoms with Crippen molar-refractivity contribution in [1.29, 1.82) is 0 Å². The molecule has 2 aliphatic rings. The van der Waals surface area contributed by atoms with Gasteiger partial charge in [-0.1, -0.05) is 48.5 Å². The van der Waals surface area contributed by atoms with E-state index < -0.39 is 85.9 Å². The van der Waals surface area contributed by atoms with E-state index >= 15 is 0 Å². The summed E-state index contributed by atoms with van der Waals surface area (Å²) in [7, 11) is 0. The summed E-state index contributed by atoms with van der Waals surface area (Å²) in [6.45, 7) is 2.98. The van der Waals surface area contributed by atoms with Crippen molar-refractivity contribution >= 4 is 35.9 Å². The van der Waals surface area contributed by atoms with E-state index in [1.807, 2.05) is 48.5 Å². The van der Waals surface area contributed by atoms with E-state index in [1.165, 1.54) is 0 Å². The molecule has 1 heterocycles. The van der Waals surface area contributed by atoms with Gasteiger partial charge in [-0.3, -0.25) is 19.2 Å². The van der Waals surface area contributed by atoms with Gasteiger partial charge in [0.15, 0.2) is 30.6 Å². The number of hydrogen-bond acceptors (Lipinski definition) is 13. The summed E-state index contributed by atoms with van der Waals surface area (Å²) >= 11 is 0. The lowest BCUT2D eigenvalue weighted by molar-refractivity contribution is -0.308. The first-order chi connectivity index (χ1) is 22.3. The van der Waals surface area contributed by atoms with Gasteiger partial charge in [0.25, 0.3) is 0 Å². The van der Waals surface area contributed by atoms with Crippen molar-refractivity contribution in [2.24, 2.45) is 0 Å². The summed E-state index contributed by atoms with van der Waals surface area (Å²) < 4.78 is 37.9. The van der Waals surface area contributed by atoms with Crippen LogP contribution in [0.4, 0.5) is 4.79 Å². The maximum atomic E-state index is 12.8. The van der Waals surface area contributed by atoms with Crippen molar-refractivity contribution in [2.75, 3.05) is 19.8 Å². The molecule has 0 spiro atoms. The number of carboxylic acid groups (broad SMARTS) is 1. The van der Waals surface area contributed by atoms with E-state index in [1.54, 1.807) is 0 Å². The average molecular weight is 658 g/mol. The first kappa shape index (κ1) is 34.8. The number of hydrogen-bond donors (Lipinski definition) is 2. The van der Waals surface area contributed by atoms with Gasteiger partial charge in [-0.25, -0.2) is 9.59 Å². The third kappa shape index (κ3) is 8.83. The van der Waals surface area contributed by atoms with Crippen LogP contribution in [0, 0.1) is 0 Å². The van der Waals surface area contributed by atoms with E-state index in [0.717, 1.165) is 49.9 Å². The number of nitrogens with one attached hydrogen (secondary N) is 1. The van der Waals surface area contributed by atoms with E-state index in [0.29, 0.717) is 0 Å². The van der Waals surface area contributed by atoms with Gasteiger partial charge in [-0.2, -0.15) is 0 Å². The summed E-state index contributed by atoms with van der Waals surface area (Å²) in [5, 5.41) is 12.1. The second-order valence-electron chi connectivity index (χ2n) is 10.8. The number of benzene rings is 2. The number of fused-ring (bicyclic) bond motifs is 3. The zero-order valence-electron chi connectivity index (χ0n) is 26.0. The number of alkyl carbamates (subject to hydrolysis) is 1. The molecule has 2 N–H and O–H groups in total. The first-order valence-electron chi connectivity index (χ1n) is 14.6. The number of carbonyl (C=O) groups excluding carboxylic acids is 5. The highest BCUT2D eigenvalue weighted by molar-refractivity contribution is 5.81. The molecule has 15 nitrogen and oxygen atoms in total. The molecule has 252 valence electrons. The molecule has 2 unspecified atom stereocenters. The monoisotopic (exact) mass is 657 g/mol. The molecule has 1 amide bonds. The standard InChI is InChI=1S/C32H35NO14/c1-16(34)41-15-26-27(44-17(2)35)28(45-18(3)36)29(46-19(4)37)31(47-26)42-14-25(30(38)39)33-32(40)43-13-24-22-11-7-5-9-20(22)21-10-6-8-12-23(21)24/h5-12,24-29,31H,13-15H2,1-4H3,(H,33,40)(H,38,39)/t25-,26?,27-,28?,29-,31+/m0/s1. The molecule has 1 aliphatic carbocycles. The van der Waals surface area contributed by atoms with Crippen LogP contribution in [-0.4, -0.2) is 97.6 Å². The Morgan fingerprint density at radius 3 is 1.79 bits per heavy atom. The van der Waals surface area contributed by atoms with Crippen molar-refractivity contribution in [3.8, 4) is 11.1 Å². The highest BCUT2D eigenvalue weighted by Crippen LogP contribution is 2.44. The Kier molecular flexibility index (Phi) is 11.5. The topological polar surface area (TPSA) is 199 Å². The van der Waals surface area contributed by atoms with Crippen LogP contribution < -0.4 is 5.32 Å². The smallest absolute Gasteiger partial charge is 0.407 e. The minimum Gasteiger partial charge on any atom is -0.480 e. The Morgan fingerprint density at radius 2 is 1.26 bits per heavy atom. The summed E-state index contributed by atoms with van der Waals surface area (Å²) in [4.78, 5) is 72.4. The third-order valence-electron chi connectivity index (χ3n) is 7.31. The Bertz CT molecular complexity index is 1460. The molecule has 2 aromatic rings. The fourth-order valence-electron chi connectivity index (χ4n) is 5.47. The quantitative estimate of drug-likeness (QED) is 0.248.